The van der Waals surface area contributed by atoms with Crippen molar-refractivity contribution in [2.75, 3.05) is 13.1 Å². The van der Waals surface area contributed by atoms with Crippen molar-refractivity contribution in [2.24, 2.45) is 0 Å². The van der Waals surface area contributed by atoms with Crippen LogP contribution in [0.25, 0.3) is 0 Å². The fraction of sp³-hybridized carbons (Fsp3) is 0.407. The van der Waals surface area contributed by atoms with Gasteiger partial charge in [0.15, 0.2) is 0 Å². The van der Waals surface area contributed by atoms with Gasteiger partial charge in [0.05, 0.1) is 6.04 Å². The second-order valence-corrected chi connectivity index (χ2v) is 8.79. The summed E-state index contributed by atoms with van der Waals surface area (Å²) in [5.74, 6) is -4.29. The zero-order valence-corrected chi connectivity index (χ0v) is 19.6. The molecule has 3 rings (SSSR count). The third-order valence-corrected chi connectivity index (χ3v) is 6.13. The average molecular weight is 487 g/mol. The minimum atomic E-state index is -3.46. The number of hydrogen-bond acceptors (Lipinski definition) is 3. The molecule has 6 nitrogen and oxygen atoms in total. The fourth-order valence-corrected chi connectivity index (χ4v) is 4.19. The van der Waals surface area contributed by atoms with Gasteiger partial charge in [-0.25, -0.2) is 4.79 Å². The van der Waals surface area contributed by atoms with E-state index in [0.717, 1.165) is 24.5 Å². The molecule has 1 saturated heterocycles. The normalized spacial score (nSPS) is 17.3. The van der Waals surface area contributed by atoms with Crippen LogP contribution in [0.4, 0.5) is 13.6 Å². The van der Waals surface area contributed by atoms with Crippen molar-refractivity contribution >= 4 is 12.0 Å². The molecule has 1 aliphatic heterocycles. The highest BCUT2D eigenvalue weighted by molar-refractivity contribution is 5.77. The van der Waals surface area contributed by atoms with Crippen LogP contribution in [0.2, 0.25) is 0 Å². The maximum absolute atomic E-state index is 14.7. The van der Waals surface area contributed by atoms with Gasteiger partial charge in [-0.05, 0) is 18.4 Å². The lowest BCUT2D eigenvalue weighted by atomic mass is 10.0. The molecule has 2 aromatic rings. The lowest BCUT2D eigenvalue weighted by Gasteiger charge is -2.23. The Morgan fingerprint density at radius 1 is 1.03 bits per heavy atom. The number of carbonyl (C=O) groups excluding carboxylic acids is 1. The van der Waals surface area contributed by atoms with Crippen molar-refractivity contribution in [1.29, 1.82) is 0 Å². The van der Waals surface area contributed by atoms with Crippen LogP contribution in [-0.2, 0) is 17.3 Å². The zero-order valence-electron chi connectivity index (χ0n) is 19.6. The first-order valence-corrected chi connectivity index (χ1v) is 11.9. The van der Waals surface area contributed by atoms with Gasteiger partial charge in [-0.2, -0.15) is 8.78 Å². The number of halogens is 2. The van der Waals surface area contributed by atoms with Gasteiger partial charge in [0.2, 0.25) is 0 Å². The molecule has 1 aliphatic rings. The molecule has 2 atom stereocenters. The Bertz CT molecular complexity index is 985. The number of carboxylic acids is 1. The number of urea groups is 1. The highest BCUT2D eigenvalue weighted by atomic mass is 19.3. The summed E-state index contributed by atoms with van der Waals surface area (Å²) in [6, 6.07) is 16.1. The molecule has 0 saturated carbocycles. The number of aliphatic hydroxyl groups is 1. The van der Waals surface area contributed by atoms with Crippen LogP contribution in [0.3, 0.4) is 0 Å². The Labute approximate surface area is 204 Å². The van der Waals surface area contributed by atoms with Crippen LogP contribution >= 0.6 is 0 Å². The zero-order chi connectivity index (χ0) is 25.3. The third kappa shape index (κ3) is 7.36. The average Bonchev–Trinajstić information content (AvgIpc) is 3.14. The van der Waals surface area contributed by atoms with E-state index in [4.69, 9.17) is 5.11 Å². The van der Waals surface area contributed by atoms with E-state index in [2.05, 4.69) is 0 Å². The van der Waals surface area contributed by atoms with Crippen molar-refractivity contribution < 1.29 is 28.6 Å². The predicted octanol–water partition coefficient (Wildman–Crippen LogP) is 5.04. The van der Waals surface area contributed by atoms with Gasteiger partial charge in [-0.1, -0.05) is 85.7 Å². The third-order valence-electron chi connectivity index (χ3n) is 6.13. The fourth-order valence-electron chi connectivity index (χ4n) is 4.19. The molecule has 2 amide bonds. The van der Waals surface area contributed by atoms with Crippen LogP contribution in [0.1, 0.15) is 43.2 Å². The smallest absolute Gasteiger partial charge is 0.320 e. The van der Waals surface area contributed by atoms with E-state index in [1.807, 2.05) is 30.3 Å². The number of carbonyl (C=O) groups is 2. The monoisotopic (exact) mass is 486 g/mol. The summed E-state index contributed by atoms with van der Waals surface area (Å²) in [6.45, 7) is 1.16. The number of amides is 2. The minimum absolute atomic E-state index is 0.117. The number of unbranched alkanes of at least 4 members (excludes halogenated alkanes) is 3. The molecule has 0 bridgehead atoms. The summed E-state index contributed by atoms with van der Waals surface area (Å²) in [5.41, 5.74) is 0.693. The first-order chi connectivity index (χ1) is 16.8. The lowest BCUT2D eigenvalue weighted by molar-refractivity contribution is -0.137. The summed E-state index contributed by atoms with van der Waals surface area (Å²) in [7, 11) is 0. The Balaban J connectivity index is 1.67. The summed E-state index contributed by atoms with van der Waals surface area (Å²) in [4.78, 5) is 27.1. The molecule has 188 valence electrons. The van der Waals surface area contributed by atoms with Gasteiger partial charge < -0.3 is 20.0 Å². The molecule has 2 aromatic carbocycles. The van der Waals surface area contributed by atoms with Crippen molar-refractivity contribution in [3.63, 3.8) is 0 Å². The Hall–Kier alpha value is -3.26. The van der Waals surface area contributed by atoms with Crippen molar-refractivity contribution in [3.8, 4) is 0 Å². The van der Waals surface area contributed by atoms with E-state index < -0.39 is 24.0 Å². The van der Waals surface area contributed by atoms with E-state index in [0.29, 0.717) is 32.5 Å². The summed E-state index contributed by atoms with van der Waals surface area (Å²) in [5, 5.41) is 19.0. The largest absolute Gasteiger partial charge is 0.481 e. The molecule has 0 radical (unpaired) electrons. The van der Waals surface area contributed by atoms with Crippen LogP contribution in [0, 0.1) is 0 Å². The van der Waals surface area contributed by atoms with Crippen molar-refractivity contribution in [2.45, 2.75) is 56.7 Å². The molecule has 0 aromatic heterocycles. The Kier molecular flexibility index (Phi) is 9.37. The predicted molar refractivity (Wildman–Crippen MR) is 129 cm³/mol. The number of alkyl halides is 2. The van der Waals surface area contributed by atoms with E-state index in [-0.39, 0.29) is 18.0 Å². The Morgan fingerprint density at radius 2 is 1.66 bits per heavy atom. The number of aliphatic hydroxyl groups excluding tert-OH is 1. The number of nitrogens with zero attached hydrogens (tertiary/aromatic N) is 2. The molecular weight excluding hydrogens is 454 g/mol. The minimum Gasteiger partial charge on any atom is -0.481 e. The van der Waals surface area contributed by atoms with Crippen LogP contribution in [0.5, 0.6) is 0 Å². The molecule has 0 aliphatic carbocycles. The molecule has 1 fully saturated rings. The van der Waals surface area contributed by atoms with Crippen LogP contribution in [0.15, 0.2) is 72.8 Å². The molecule has 2 N–H and O–H groups in total. The number of carboxylic acid groups (broad SMARTS) is 1. The SMILES string of the molecule is O=C(O)CCCCCCN1C(=O)N(Cc2ccccc2)C[C@@H]1C=CC(O)C(F)(F)c1ccccc1. The van der Waals surface area contributed by atoms with Crippen LogP contribution in [-0.4, -0.2) is 57.2 Å². The van der Waals surface area contributed by atoms with Gasteiger partial charge >= 0.3 is 17.9 Å². The number of aliphatic carboxylic acids is 1. The maximum Gasteiger partial charge on any atom is 0.320 e. The van der Waals surface area contributed by atoms with Crippen molar-refractivity contribution in [1.82, 2.24) is 9.80 Å². The lowest BCUT2D eigenvalue weighted by Crippen LogP contribution is -2.35. The van der Waals surface area contributed by atoms with Gasteiger partial charge in [0.1, 0.15) is 6.10 Å². The number of hydrogen-bond donors (Lipinski definition) is 2. The van der Waals surface area contributed by atoms with E-state index in [9.17, 15) is 23.5 Å². The molecule has 1 unspecified atom stereocenters. The summed E-state index contributed by atoms with van der Waals surface area (Å²) in [6.07, 6.45) is 3.43. The van der Waals surface area contributed by atoms with Crippen molar-refractivity contribution in [3.05, 3.63) is 83.9 Å². The topological polar surface area (TPSA) is 81.1 Å². The second-order valence-electron chi connectivity index (χ2n) is 8.79. The quantitative estimate of drug-likeness (QED) is 0.307. The van der Waals surface area contributed by atoms with E-state index >= 15 is 0 Å². The molecule has 8 heteroatoms. The first kappa shape index (κ1) is 26.3. The maximum atomic E-state index is 14.7. The second kappa shape index (κ2) is 12.4. The van der Waals surface area contributed by atoms with Gasteiger partial charge in [-0.3, -0.25) is 4.79 Å². The van der Waals surface area contributed by atoms with E-state index in [1.165, 1.54) is 30.3 Å². The molecule has 0 spiro atoms. The first-order valence-electron chi connectivity index (χ1n) is 11.9. The summed E-state index contributed by atoms with van der Waals surface area (Å²) >= 11 is 0. The molecular formula is C27H32F2N2O4. The van der Waals surface area contributed by atoms with Gasteiger partial charge in [0, 0.05) is 31.6 Å². The van der Waals surface area contributed by atoms with Gasteiger partial charge in [0.25, 0.3) is 0 Å². The highest BCUT2D eigenvalue weighted by Gasteiger charge is 2.40. The number of benzene rings is 2. The standard InChI is InChI=1S/C27H32F2N2O4/c28-27(29,22-13-7-4-8-14-22)24(32)17-16-23-20-30(19-21-11-5-3-6-12-21)26(35)31(23)18-10-2-1-9-15-25(33)34/h3-8,11-14,16-17,23-24,32H,1-2,9-10,15,18-20H2,(H,33,34)/t23-,24?/m0/s1. The summed E-state index contributed by atoms with van der Waals surface area (Å²) < 4.78 is 29.4. The van der Waals surface area contributed by atoms with Crippen LogP contribution < -0.4 is 0 Å². The van der Waals surface area contributed by atoms with E-state index in [1.54, 1.807) is 15.9 Å². The Morgan fingerprint density at radius 3 is 2.31 bits per heavy atom. The highest BCUT2D eigenvalue weighted by Crippen LogP contribution is 2.32. The molecule has 35 heavy (non-hydrogen) atoms. The number of rotatable bonds is 13. The molecule has 1 heterocycles. The van der Waals surface area contributed by atoms with Gasteiger partial charge in [-0.15, -0.1) is 0 Å².